The van der Waals surface area contributed by atoms with Gasteiger partial charge in [-0.2, -0.15) is 18.4 Å². The number of ether oxygens (including phenoxy) is 1. The summed E-state index contributed by atoms with van der Waals surface area (Å²) in [5.41, 5.74) is -0.145. The fourth-order valence-corrected chi connectivity index (χ4v) is 3.26. The second-order valence-corrected chi connectivity index (χ2v) is 7.23. The van der Waals surface area contributed by atoms with Crippen LogP contribution in [0.2, 0.25) is 5.02 Å². The van der Waals surface area contributed by atoms with Crippen molar-refractivity contribution in [2.45, 2.75) is 19.5 Å². The zero-order valence-electron chi connectivity index (χ0n) is 12.7. The first-order valence-electron chi connectivity index (χ1n) is 6.92. The number of hydrogen-bond donors (Lipinski definition) is 0. The van der Waals surface area contributed by atoms with Crippen LogP contribution in [-0.4, -0.2) is 0 Å². The maximum Gasteiger partial charge on any atom is 0.495 e. The molecule has 3 nitrogen and oxygen atoms in total. The SMILES string of the molecule is CCc1cc(C#N)c([P+](=O)Cl)cc1Oc1ccc(C(F)(F)F)cc1Cl. The summed E-state index contributed by atoms with van der Waals surface area (Å²) in [7, 11) is -2.32. The Morgan fingerprint density at radius 2 is 1.92 bits per heavy atom. The van der Waals surface area contributed by atoms with Crippen molar-refractivity contribution < 1.29 is 22.5 Å². The molecule has 0 saturated carbocycles. The van der Waals surface area contributed by atoms with Gasteiger partial charge in [0.15, 0.2) is 0 Å². The topological polar surface area (TPSA) is 50.1 Å². The highest BCUT2D eigenvalue weighted by Crippen LogP contribution is 2.38. The molecule has 0 spiro atoms. The molecule has 0 bridgehead atoms. The standard InChI is InChI=1S/C16H10Cl2F3NO2P/c1-2-9-5-10(8-22)15(25(18)23)7-14(9)24-13-4-3-11(6-12(13)17)16(19,20)21/h3-7H,2H2,1H3/q+1. The third-order valence-electron chi connectivity index (χ3n) is 3.35. The molecule has 0 amide bonds. The Morgan fingerprint density at radius 3 is 2.40 bits per heavy atom. The Morgan fingerprint density at radius 1 is 1.24 bits per heavy atom. The molecular formula is C16H10Cl2F3NO2P+. The number of halogens is 5. The van der Waals surface area contributed by atoms with E-state index in [1.165, 1.54) is 12.1 Å². The number of aryl methyl sites for hydroxylation is 1. The molecule has 9 heteroatoms. The van der Waals surface area contributed by atoms with Gasteiger partial charge in [-0.1, -0.05) is 18.5 Å². The van der Waals surface area contributed by atoms with Crippen LogP contribution in [0.3, 0.4) is 0 Å². The minimum atomic E-state index is -4.52. The molecule has 0 heterocycles. The van der Waals surface area contributed by atoms with Crippen LogP contribution in [0.5, 0.6) is 11.5 Å². The van der Waals surface area contributed by atoms with E-state index in [0.717, 1.165) is 18.2 Å². The normalized spacial score (nSPS) is 11.8. The van der Waals surface area contributed by atoms with E-state index in [-0.39, 0.29) is 27.4 Å². The number of nitriles is 1. The van der Waals surface area contributed by atoms with Crippen molar-refractivity contribution in [1.29, 1.82) is 5.26 Å². The predicted octanol–water partition coefficient (Wildman–Crippen LogP) is 6.19. The highest BCUT2D eigenvalue weighted by molar-refractivity contribution is 7.80. The molecule has 0 aliphatic heterocycles. The van der Waals surface area contributed by atoms with Crippen LogP contribution >= 0.6 is 30.0 Å². The minimum absolute atomic E-state index is 0.00447. The minimum Gasteiger partial charge on any atom is -0.455 e. The molecule has 0 aliphatic rings. The van der Waals surface area contributed by atoms with E-state index in [2.05, 4.69) is 0 Å². The summed E-state index contributed by atoms with van der Waals surface area (Å²) in [4.78, 5) is 0. The maximum atomic E-state index is 12.7. The van der Waals surface area contributed by atoms with Gasteiger partial charge in [0, 0.05) is 6.07 Å². The van der Waals surface area contributed by atoms with Gasteiger partial charge in [-0.25, -0.2) is 0 Å². The summed E-state index contributed by atoms with van der Waals surface area (Å²) in [5, 5.41) is 8.98. The van der Waals surface area contributed by atoms with Crippen LogP contribution in [0.15, 0.2) is 30.3 Å². The first-order valence-corrected chi connectivity index (χ1v) is 9.46. The van der Waals surface area contributed by atoms with E-state index in [9.17, 15) is 17.7 Å². The first-order chi connectivity index (χ1) is 11.7. The second-order valence-electron chi connectivity index (χ2n) is 4.93. The molecule has 0 saturated heterocycles. The smallest absolute Gasteiger partial charge is 0.455 e. The Kier molecular flexibility index (Phi) is 5.95. The fourth-order valence-electron chi connectivity index (χ4n) is 2.10. The highest BCUT2D eigenvalue weighted by Gasteiger charge is 2.31. The molecule has 2 aromatic carbocycles. The number of nitrogens with zero attached hydrogens (tertiary/aromatic N) is 1. The lowest BCUT2D eigenvalue weighted by Crippen LogP contribution is -2.06. The lowest BCUT2D eigenvalue weighted by molar-refractivity contribution is -0.137. The van der Waals surface area contributed by atoms with Gasteiger partial charge < -0.3 is 4.74 Å². The van der Waals surface area contributed by atoms with Crippen molar-refractivity contribution in [2.24, 2.45) is 0 Å². The molecule has 0 radical (unpaired) electrons. The van der Waals surface area contributed by atoms with Crippen LogP contribution in [0, 0.1) is 11.3 Å². The Hall–Kier alpha value is -1.80. The molecule has 0 aromatic heterocycles. The Balaban J connectivity index is 2.48. The summed E-state index contributed by atoms with van der Waals surface area (Å²) in [6, 6.07) is 7.44. The monoisotopic (exact) mass is 406 g/mol. The fraction of sp³-hybridized carbons (Fsp3) is 0.188. The van der Waals surface area contributed by atoms with E-state index >= 15 is 0 Å². The summed E-state index contributed by atoms with van der Waals surface area (Å²) in [5.74, 6) is 0.229. The quantitative estimate of drug-likeness (QED) is 0.568. The average Bonchev–Trinajstić information content (AvgIpc) is 2.55. The Labute approximate surface area is 152 Å². The van der Waals surface area contributed by atoms with Gasteiger partial charge in [-0.15, -0.1) is 0 Å². The molecule has 0 N–H and O–H groups in total. The van der Waals surface area contributed by atoms with E-state index in [4.69, 9.17) is 32.8 Å². The summed E-state index contributed by atoms with van der Waals surface area (Å²) >= 11 is 11.5. The molecule has 2 aromatic rings. The zero-order valence-corrected chi connectivity index (χ0v) is 15.1. The summed E-state index contributed by atoms with van der Waals surface area (Å²) in [6.07, 6.45) is -4.04. The average molecular weight is 407 g/mol. The van der Waals surface area contributed by atoms with Gasteiger partial charge >= 0.3 is 13.3 Å². The molecule has 1 atom stereocenters. The summed E-state index contributed by atoms with van der Waals surface area (Å²) in [6.45, 7) is 1.80. The third-order valence-corrected chi connectivity index (χ3v) is 4.94. The lowest BCUT2D eigenvalue weighted by atomic mass is 10.1. The molecule has 2 rings (SSSR count). The largest absolute Gasteiger partial charge is 0.495 e. The van der Waals surface area contributed by atoms with Gasteiger partial charge in [0.05, 0.1) is 10.6 Å². The molecule has 0 fully saturated rings. The molecule has 0 aliphatic carbocycles. The third kappa shape index (κ3) is 4.43. The number of alkyl halides is 3. The summed E-state index contributed by atoms with van der Waals surface area (Å²) < 4.78 is 55.3. The van der Waals surface area contributed by atoms with Gasteiger partial charge in [0.1, 0.15) is 23.1 Å². The van der Waals surface area contributed by atoms with Crippen LogP contribution < -0.4 is 10.0 Å². The number of rotatable bonds is 4. The van der Waals surface area contributed by atoms with Crippen molar-refractivity contribution >= 4 is 35.3 Å². The van der Waals surface area contributed by atoms with E-state index < -0.39 is 18.9 Å². The van der Waals surface area contributed by atoms with E-state index in [1.807, 2.05) is 6.07 Å². The van der Waals surface area contributed by atoms with E-state index in [1.54, 1.807) is 6.92 Å². The molecular weight excluding hydrogens is 397 g/mol. The van der Waals surface area contributed by atoms with Gasteiger partial charge in [0.2, 0.25) is 16.5 Å². The van der Waals surface area contributed by atoms with E-state index in [0.29, 0.717) is 12.0 Å². The van der Waals surface area contributed by atoms with Crippen molar-refractivity contribution in [3.05, 3.63) is 52.0 Å². The van der Waals surface area contributed by atoms with Gasteiger partial charge in [-0.05, 0) is 40.8 Å². The van der Waals surface area contributed by atoms with Crippen LogP contribution in [-0.2, 0) is 17.2 Å². The first kappa shape index (κ1) is 19.5. The maximum absolute atomic E-state index is 12.7. The van der Waals surface area contributed by atoms with Gasteiger partial charge in [0.25, 0.3) is 0 Å². The predicted molar refractivity (Wildman–Crippen MR) is 90.2 cm³/mol. The van der Waals surface area contributed by atoms with Crippen molar-refractivity contribution in [2.75, 3.05) is 0 Å². The number of hydrogen-bond acceptors (Lipinski definition) is 3. The Bertz CT molecular complexity index is 879. The zero-order chi connectivity index (χ0) is 18.8. The highest BCUT2D eigenvalue weighted by atomic mass is 35.7. The molecule has 130 valence electrons. The van der Waals surface area contributed by atoms with Crippen LogP contribution in [0.25, 0.3) is 0 Å². The van der Waals surface area contributed by atoms with Crippen molar-refractivity contribution in [3.8, 4) is 17.6 Å². The van der Waals surface area contributed by atoms with Crippen LogP contribution in [0.4, 0.5) is 13.2 Å². The van der Waals surface area contributed by atoms with Crippen molar-refractivity contribution in [1.82, 2.24) is 0 Å². The molecule has 1 unspecified atom stereocenters. The van der Waals surface area contributed by atoms with Gasteiger partial charge in [-0.3, -0.25) is 0 Å². The van der Waals surface area contributed by atoms with Crippen LogP contribution in [0.1, 0.15) is 23.6 Å². The van der Waals surface area contributed by atoms with Crippen molar-refractivity contribution in [3.63, 3.8) is 0 Å². The lowest BCUT2D eigenvalue weighted by Gasteiger charge is -2.13. The number of benzene rings is 2. The second kappa shape index (κ2) is 7.61. The molecule has 25 heavy (non-hydrogen) atoms.